The normalized spacial score (nSPS) is 10.4. The van der Waals surface area contributed by atoms with Crippen LogP contribution < -0.4 is 16.0 Å². The number of nitrogens with zero attached hydrogens (tertiary/aromatic N) is 1. The highest BCUT2D eigenvalue weighted by atomic mass is 32.2. The molecule has 0 aliphatic carbocycles. The summed E-state index contributed by atoms with van der Waals surface area (Å²) in [6, 6.07) is 13.6. The van der Waals surface area contributed by atoms with Crippen LogP contribution in [0.4, 0.5) is 11.4 Å². The van der Waals surface area contributed by atoms with Gasteiger partial charge in [-0.25, -0.2) is 0 Å². The Bertz CT molecular complexity index is 757. The monoisotopic (exact) mass is 357 g/mol. The number of amides is 2. The first kappa shape index (κ1) is 18.9. The van der Waals surface area contributed by atoms with Crippen molar-refractivity contribution in [3.63, 3.8) is 0 Å². The van der Waals surface area contributed by atoms with Gasteiger partial charge in [0.05, 0.1) is 18.0 Å². The van der Waals surface area contributed by atoms with Crippen LogP contribution in [0.2, 0.25) is 0 Å². The van der Waals surface area contributed by atoms with Gasteiger partial charge < -0.3 is 16.0 Å². The minimum absolute atomic E-state index is 0.117. The van der Waals surface area contributed by atoms with Crippen LogP contribution in [-0.2, 0) is 9.59 Å². The topological polar surface area (TPSA) is 75.4 Å². The maximum absolute atomic E-state index is 12.4. The Morgan fingerprint density at radius 3 is 2.40 bits per heavy atom. The van der Waals surface area contributed by atoms with Gasteiger partial charge >= 0.3 is 0 Å². The number of primary amides is 1. The van der Waals surface area contributed by atoms with Gasteiger partial charge in [-0.3, -0.25) is 9.59 Å². The molecule has 2 aromatic carbocycles. The third-order valence-electron chi connectivity index (χ3n) is 3.56. The number of para-hydroxylation sites is 1. The molecule has 0 saturated carbocycles. The zero-order valence-corrected chi connectivity index (χ0v) is 15.5. The predicted octanol–water partition coefficient (Wildman–Crippen LogP) is 2.96. The van der Waals surface area contributed by atoms with Crippen LogP contribution in [0, 0.1) is 13.8 Å². The minimum Gasteiger partial charge on any atom is -0.369 e. The van der Waals surface area contributed by atoms with Crippen LogP contribution in [0.25, 0.3) is 0 Å². The van der Waals surface area contributed by atoms with Gasteiger partial charge in [0.1, 0.15) is 0 Å². The zero-order chi connectivity index (χ0) is 18.4. The van der Waals surface area contributed by atoms with Crippen molar-refractivity contribution in [1.82, 2.24) is 0 Å². The highest BCUT2D eigenvalue weighted by molar-refractivity contribution is 8.00. The lowest BCUT2D eigenvalue weighted by molar-refractivity contribution is -0.116. The number of nitrogens with one attached hydrogen (secondary N) is 1. The number of anilines is 2. The number of thioether (sulfide) groups is 1. The lowest BCUT2D eigenvalue weighted by atomic mass is 10.1. The Morgan fingerprint density at radius 2 is 1.76 bits per heavy atom. The van der Waals surface area contributed by atoms with Gasteiger partial charge in [-0.2, -0.15) is 0 Å². The fraction of sp³-hybridized carbons (Fsp3) is 0.263. The summed E-state index contributed by atoms with van der Waals surface area (Å²) in [4.78, 5) is 26.1. The van der Waals surface area contributed by atoms with E-state index in [9.17, 15) is 9.59 Å². The molecule has 2 amide bonds. The van der Waals surface area contributed by atoms with Crippen molar-refractivity contribution in [2.45, 2.75) is 18.7 Å². The molecule has 0 aliphatic heterocycles. The third kappa shape index (κ3) is 5.83. The number of hydrogen-bond acceptors (Lipinski definition) is 4. The molecule has 0 atom stereocenters. The zero-order valence-electron chi connectivity index (χ0n) is 14.7. The van der Waals surface area contributed by atoms with Crippen molar-refractivity contribution >= 4 is 35.0 Å². The van der Waals surface area contributed by atoms with Crippen molar-refractivity contribution in [2.75, 3.05) is 29.6 Å². The molecule has 0 aliphatic rings. The van der Waals surface area contributed by atoms with Crippen molar-refractivity contribution in [1.29, 1.82) is 0 Å². The van der Waals surface area contributed by atoms with Crippen molar-refractivity contribution < 1.29 is 9.59 Å². The van der Waals surface area contributed by atoms with E-state index >= 15 is 0 Å². The van der Waals surface area contributed by atoms with Crippen LogP contribution in [0.3, 0.4) is 0 Å². The average Bonchev–Trinajstić information content (AvgIpc) is 2.52. The molecule has 0 radical (unpaired) electrons. The Kier molecular flexibility index (Phi) is 6.47. The molecule has 0 unspecified atom stereocenters. The summed E-state index contributed by atoms with van der Waals surface area (Å²) in [6.07, 6.45) is 0. The van der Waals surface area contributed by atoms with E-state index in [0.717, 1.165) is 21.7 Å². The standard InChI is InChI=1S/C19H23N3O2S/c1-13-8-14(2)10-15(9-13)22(3)11-19(24)21-16-6-4-5-7-17(16)25-12-18(20)23/h4-10H,11-12H2,1-3H3,(H2,20,23)(H,21,24). The molecule has 0 fully saturated rings. The van der Waals surface area contributed by atoms with Crippen LogP contribution in [0.15, 0.2) is 47.4 Å². The third-order valence-corrected chi connectivity index (χ3v) is 4.65. The van der Waals surface area contributed by atoms with Crippen molar-refractivity contribution in [3.05, 3.63) is 53.6 Å². The predicted molar refractivity (Wildman–Crippen MR) is 104 cm³/mol. The number of nitrogens with two attached hydrogens (primary N) is 1. The van der Waals surface area contributed by atoms with E-state index in [-0.39, 0.29) is 24.1 Å². The average molecular weight is 357 g/mol. The van der Waals surface area contributed by atoms with E-state index in [1.54, 1.807) is 0 Å². The maximum Gasteiger partial charge on any atom is 0.243 e. The van der Waals surface area contributed by atoms with Crippen molar-refractivity contribution in [3.8, 4) is 0 Å². The first-order valence-electron chi connectivity index (χ1n) is 7.94. The molecular weight excluding hydrogens is 334 g/mol. The van der Waals surface area contributed by atoms with Crippen LogP contribution in [0.5, 0.6) is 0 Å². The number of benzene rings is 2. The molecule has 25 heavy (non-hydrogen) atoms. The highest BCUT2D eigenvalue weighted by Crippen LogP contribution is 2.26. The number of likely N-dealkylation sites (N-methyl/N-ethyl adjacent to an activating group) is 1. The number of carbonyl (C=O) groups excluding carboxylic acids is 2. The number of rotatable bonds is 7. The van der Waals surface area contributed by atoms with E-state index in [0.29, 0.717) is 5.69 Å². The summed E-state index contributed by atoms with van der Waals surface area (Å²) in [6.45, 7) is 4.31. The van der Waals surface area contributed by atoms with Gasteiger partial charge in [0.15, 0.2) is 0 Å². The quantitative estimate of drug-likeness (QED) is 0.747. The van der Waals surface area contributed by atoms with Gasteiger partial charge in [-0.1, -0.05) is 18.2 Å². The molecule has 6 heteroatoms. The first-order chi connectivity index (χ1) is 11.8. The van der Waals surface area contributed by atoms with Crippen LogP contribution in [-0.4, -0.2) is 31.2 Å². The Labute approximate surface area is 152 Å². The summed E-state index contributed by atoms with van der Waals surface area (Å²) < 4.78 is 0. The van der Waals surface area contributed by atoms with Gasteiger partial charge in [0.25, 0.3) is 0 Å². The van der Waals surface area contributed by atoms with E-state index in [4.69, 9.17) is 5.73 Å². The molecule has 132 valence electrons. The van der Waals surface area contributed by atoms with E-state index in [1.165, 1.54) is 11.8 Å². The molecule has 2 rings (SSSR count). The van der Waals surface area contributed by atoms with Crippen molar-refractivity contribution in [2.24, 2.45) is 5.73 Å². The minimum atomic E-state index is -0.388. The van der Waals surface area contributed by atoms with E-state index in [2.05, 4.69) is 23.5 Å². The van der Waals surface area contributed by atoms with Gasteiger partial charge in [-0.15, -0.1) is 11.8 Å². The number of carbonyl (C=O) groups is 2. The maximum atomic E-state index is 12.4. The Balaban J connectivity index is 2.03. The molecule has 0 spiro atoms. The molecule has 0 heterocycles. The van der Waals surface area contributed by atoms with E-state index in [1.807, 2.05) is 50.1 Å². The second-order valence-electron chi connectivity index (χ2n) is 6.00. The number of hydrogen-bond donors (Lipinski definition) is 2. The van der Waals surface area contributed by atoms with Gasteiger partial charge in [0.2, 0.25) is 11.8 Å². The number of aryl methyl sites for hydroxylation is 2. The van der Waals surface area contributed by atoms with Gasteiger partial charge in [0, 0.05) is 17.6 Å². The molecule has 5 nitrogen and oxygen atoms in total. The van der Waals surface area contributed by atoms with Crippen LogP contribution >= 0.6 is 11.8 Å². The highest BCUT2D eigenvalue weighted by Gasteiger charge is 2.11. The van der Waals surface area contributed by atoms with E-state index < -0.39 is 0 Å². The second-order valence-corrected chi connectivity index (χ2v) is 7.02. The molecule has 2 aromatic rings. The largest absolute Gasteiger partial charge is 0.369 e. The van der Waals surface area contributed by atoms with Crippen LogP contribution in [0.1, 0.15) is 11.1 Å². The Morgan fingerprint density at radius 1 is 1.12 bits per heavy atom. The second kappa shape index (κ2) is 8.58. The summed E-state index contributed by atoms with van der Waals surface area (Å²) in [5.74, 6) is -0.329. The smallest absolute Gasteiger partial charge is 0.243 e. The molecule has 0 aromatic heterocycles. The fourth-order valence-corrected chi connectivity index (χ4v) is 3.26. The first-order valence-corrected chi connectivity index (χ1v) is 8.93. The lowest BCUT2D eigenvalue weighted by Crippen LogP contribution is -2.30. The SMILES string of the molecule is Cc1cc(C)cc(N(C)CC(=O)Nc2ccccc2SCC(N)=O)c1. The van der Waals surface area contributed by atoms with Gasteiger partial charge in [-0.05, 0) is 49.2 Å². The fourth-order valence-electron chi connectivity index (χ4n) is 2.51. The summed E-state index contributed by atoms with van der Waals surface area (Å²) in [5.41, 5.74) is 9.21. The summed E-state index contributed by atoms with van der Waals surface area (Å²) in [7, 11) is 1.89. The summed E-state index contributed by atoms with van der Waals surface area (Å²) in [5, 5.41) is 2.91. The Hall–Kier alpha value is -2.47. The lowest BCUT2D eigenvalue weighted by Gasteiger charge is -2.20. The molecule has 3 N–H and O–H groups in total. The summed E-state index contributed by atoms with van der Waals surface area (Å²) >= 11 is 1.31. The molecule has 0 bridgehead atoms. The molecule has 0 saturated heterocycles. The molecular formula is C19H23N3O2S.